The lowest BCUT2D eigenvalue weighted by Gasteiger charge is -2.21. The summed E-state index contributed by atoms with van der Waals surface area (Å²) in [5, 5.41) is 10.6. The zero-order valence-electron chi connectivity index (χ0n) is 57.3. The number of esters is 4. The van der Waals surface area contributed by atoms with Crippen LogP contribution in [0.5, 0.6) is 0 Å². The van der Waals surface area contributed by atoms with Crippen molar-refractivity contribution < 1.29 is 80.2 Å². The Hall–Kier alpha value is -1.94. The van der Waals surface area contributed by atoms with Crippen molar-refractivity contribution in [3.05, 3.63) is 0 Å². The number of phosphoric acid groups is 2. The molecule has 0 aromatic carbocycles. The maximum absolute atomic E-state index is 13.0. The molecule has 0 saturated carbocycles. The minimum absolute atomic E-state index is 0.102. The molecular formula is C69H134O17P2. The molecule has 0 spiro atoms. The molecule has 0 rings (SSSR count). The summed E-state index contributed by atoms with van der Waals surface area (Å²) in [5.74, 6) is 0.842. The minimum atomic E-state index is -4.95. The maximum atomic E-state index is 13.0. The Bertz CT molecular complexity index is 1750. The van der Waals surface area contributed by atoms with Crippen molar-refractivity contribution in [2.45, 2.75) is 356 Å². The summed E-state index contributed by atoms with van der Waals surface area (Å²) in [4.78, 5) is 72.4. The first-order valence-electron chi connectivity index (χ1n) is 35.8. The number of ether oxygens (including phenoxy) is 4. The van der Waals surface area contributed by atoms with Crippen LogP contribution >= 0.6 is 15.6 Å². The zero-order chi connectivity index (χ0) is 65.4. The van der Waals surface area contributed by atoms with E-state index in [1.807, 2.05) is 0 Å². The highest BCUT2D eigenvalue weighted by Gasteiger charge is 2.30. The molecule has 17 nitrogen and oxygen atoms in total. The molecule has 0 aliphatic heterocycles. The van der Waals surface area contributed by atoms with Gasteiger partial charge >= 0.3 is 39.5 Å². The zero-order valence-corrected chi connectivity index (χ0v) is 59.1. The summed E-state index contributed by atoms with van der Waals surface area (Å²) in [6, 6.07) is 0. The van der Waals surface area contributed by atoms with E-state index in [1.54, 1.807) is 0 Å². The number of rotatable bonds is 66. The highest BCUT2D eigenvalue weighted by molar-refractivity contribution is 7.47. The van der Waals surface area contributed by atoms with Crippen LogP contribution in [0.3, 0.4) is 0 Å². The Labute approximate surface area is 537 Å². The molecule has 0 bridgehead atoms. The third-order valence-electron chi connectivity index (χ3n) is 16.5. The van der Waals surface area contributed by atoms with E-state index in [9.17, 15) is 43.2 Å². The summed E-state index contributed by atoms with van der Waals surface area (Å²) in [5.41, 5.74) is 0. The van der Waals surface area contributed by atoms with Crippen LogP contribution in [0, 0.1) is 23.7 Å². The molecule has 19 heteroatoms. The summed E-state index contributed by atoms with van der Waals surface area (Å²) in [6.45, 7) is 14.0. The number of aliphatic hydroxyl groups excluding tert-OH is 1. The molecule has 0 saturated heterocycles. The van der Waals surface area contributed by atoms with Gasteiger partial charge in [0.1, 0.15) is 19.3 Å². The first-order valence-corrected chi connectivity index (χ1v) is 38.8. The van der Waals surface area contributed by atoms with Gasteiger partial charge in [-0.05, 0) is 49.4 Å². The van der Waals surface area contributed by atoms with E-state index >= 15 is 0 Å². The van der Waals surface area contributed by atoms with Crippen LogP contribution in [0.2, 0.25) is 0 Å². The number of carbonyl (C=O) groups excluding carboxylic acids is 4. The quantitative estimate of drug-likeness (QED) is 0.0222. The molecule has 0 aliphatic carbocycles. The Balaban J connectivity index is 5.21. The monoisotopic (exact) mass is 1300 g/mol. The largest absolute Gasteiger partial charge is 0.472 e. The summed E-state index contributed by atoms with van der Waals surface area (Å²) < 4.78 is 68.2. The minimum Gasteiger partial charge on any atom is -0.462 e. The molecule has 0 radical (unpaired) electrons. The number of aliphatic hydroxyl groups is 1. The fourth-order valence-electron chi connectivity index (χ4n) is 10.2. The molecule has 0 amide bonds. The van der Waals surface area contributed by atoms with Crippen molar-refractivity contribution in [3.63, 3.8) is 0 Å². The van der Waals surface area contributed by atoms with Gasteiger partial charge in [-0.25, -0.2) is 9.13 Å². The van der Waals surface area contributed by atoms with Crippen LogP contribution < -0.4 is 0 Å². The van der Waals surface area contributed by atoms with Crippen molar-refractivity contribution in [3.8, 4) is 0 Å². The first-order chi connectivity index (χ1) is 42.2. The topological polar surface area (TPSA) is 237 Å². The summed E-state index contributed by atoms with van der Waals surface area (Å²) in [7, 11) is -9.90. The number of carbonyl (C=O) groups is 4. The van der Waals surface area contributed by atoms with Gasteiger partial charge < -0.3 is 33.8 Å². The van der Waals surface area contributed by atoms with Gasteiger partial charge in [-0.3, -0.25) is 37.3 Å². The second-order valence-corrected chi connectivity index (χ2v) is 29.3. The van der Waals surface area contributed by atoms with E-state index in [-0.39, 0.29) is 25.7 Å². The lowest BCUT2D eigenvalue weighted by Crippen LogP contribution is -2.30. The smallest absolute Gasteiger partial charge is 0.462 e. The maximum Gasteiger partial charge on any atom is 0.472 e. The SMILES string of the molecule is CCC(C)CCCCCCCCCCCCCCCCC(=O)O[C@H](COC(=O)CCCCCCCCCC(C)C)COP(=O)(O)OC[C@@H](O)COP(=O)(O)OC[C@@H](COC(=O)CCCCCCCCC(C)CC)OC(=O)CCCCCCCCCC(C)C. The number of hydrogen-bond donors (Lipinski definition) is 3. The molecule has 0 aromatic heterocycles. The molecule has 7 atom stereocenters. The predicted octanol–water partition coefficient (Wildman–Crippen LogP) is 19.3. The van der Waals surface area contributed by atoms with Crippen molar-refractivity contribution in [2.75, 3.05) is 39.6 Å². The molecule has 0 heterocycles. The van der Waals surface area contributed by atoms with E-state index in [0.29, 0.717) is 37.5 Å². The van der Waals surface area contributed by atoms with Crippen molar-refractivity contribution in [1.29, 1.82) is 0 Å². The number of phosphoric ester groups is 2. The standard InChI is InChI=1S/C69H134O17P2/c1-9-61(7)47-39-31-23-17-15-13-11-12-14-16-18-24-35-43-51-68(73)85-64(55-79-66(71)49-41-33-25-19-21-29-37-45-59(3)4)57-83-87(75,76)81-53-63(70)54-82-88(77,78)84-58-65(86-69(74)52-44-36-26-20-22-30-38-46-60(5)6)56-80-67(72)50-42-34-28-27-32-40-48-62(8)10-2/h59-65,70H,9-58H2,1-8H3,(H,75,76)(H,77,78)/t61?,62?,63-,64-,65-/m1/s1. The Kier molecular flexibility index (Phi) is 57.6. The van der Waals surface area contributed by atoms with Crippen molar-refractivity contribution in [1.82, 2.24) is 0 Å². The predicted molar refractivity (Wildman–Crippen MR) is 354 cm³/mol. The van der Waals surface area contributed by atoms with E-state index < -0.39 is 97.5 Å². The van der Waals surface area contributed by atoms with Gasteiger partial charge in [-0.1, -0.05) is 287 Å². The van der Waals surface area contributed by atoms with Gasteiger partial charge in [-0.2, -0.15) is 0 Å². The highest BCUT2D eigenvalue weighted by Crippen LogP contribution is 2.45. The van der Waals surface area contributed by atoms with E-state index in [2.05, 4.69) is 55.4 Å². The van der Waals surface area contributed by atoms with Crippen molar-refractivity contribution in [2.24, 2.45) is 23.7 Å². The Morgan fingerprint density at radius 2 is 0.545 bits per heavy atom. The van der Waals surface area contributed by atoms with Crippen LogP contribution in [-0.2, 0) is 65.4 Å². The molecule has 4 unspecified atom stereocenters. The first kappa shape index (κ1) is 86.1. The fraction of sp³-hybridized carbons (Fsp3) is 0.942. The molecule has 3 N–H and O–H groups in total. The number of hydrogen-bond acceptors (Lipinski definition) is 15. The summed E-state index contributed by atoms with van der Waals surface area (Å²) >= 11 is 0. The van der Waals surface area contributed by atoms with Crippen molar-refractivity contribution >= 4 is 39.5 Å². The summed E-state index contributed by atoms with van der Waals surface area (Å²) in [6.07, 6.45) is 40.5. The van der Waals surface area contributed by atoms with E-state index in [4.69, 9.17) is 37.0 Å². The van der Waals surface area contributed by atoms with Gasteiger partial charge in [0.25, 0.3) is 0 Å². The van der Waals surface area contributed by atoms with Gasteiger partial charge in [0.15, 0.2) is 12.2 Å². The average Bonchev–Trinajstić information content (AvgIpc) is 3.38. The van der Waals surface area contributed by atoms with Crippen LogP contribution in [-0.4, -0.2) is 96.7 Å². The fourth-order valence-corrected chi connectivity index (χ4v) is 11.8. The third-order valence-corrected chi connectivity index (χ3v) is 18.4. The molecule has 0 aromatic rings. The number of unbranched alkanes of at least 4 members (excludes halogenated alkanes) is 30. The second-order valence-electron chi connectivity index (χ2n) is 26.4. The van der Waals surface area contributed by atoms with Gasteiger partial charge in [-0.15, -0.1) is 0 Å². The normalized spacial score (nSPS) is 14.9. The molecular weight excluding hydrogens is 1160 g/mol. The lowest BCUT2D eigenvalue weighted by molar-refractivity contribution is -0.161. The molecule has 88 heavy (non-hydrogen) atoms. The second kappa shape index (κ2) is 58.8. The average molecular weight is 1300 g/mol. The van der Waals surface area contributed by atoms with E-state index in [1.165, 1.54) is 128 Å². The third kappa shape index (κ3) is 60.3. The Morgan fingerprint density at radius 1 is 0.318 bits per heavy atom. The Morgan fingerprint density at radius 3 is 0.807 bits per heavy atom. The molecule has 0 fully saturated rings. The van der Waals surface area contributed by atoms with Crippen LogP contribution in [0.1, 0.15) is 338 Å². The molecule has 522 valence electrons. The lowest BCUT2D eigenvalue weighted by atomic mass is 9.99. The van der Waals surface area contributed by atoms with Crippen LogP contribution in [0.4, 0.5) is 0 Å². The van der Waals surface area contributed by atoms with Gasteiger partial charge in [0.2, 0.25) is 0 Å². The van der Waals surface area contributed by atoms with Crippen LogP contribution in [0.15, 0.2) is 0 Å². The highest BCUT2D eigenvalue weighted by atomic mass is 31.2. The van der Waals surface area contributed by atoms with E-state index in [0.717, 1.165) is 115 Å². The van der Waals surface area contributed by atoms with Crippen LogP contribution in [0.25, 0.3) is 0 Å². The molecule has 0 aliphatic rings. The van der Waals surface area contributed by atoms with Gasteiger partial charge in [0, 0.05) is 25.7 Å². The van der Waals surface area contributed by atoms with Gasteiger partial charge in [0.05, 0.1) is 26.4 Å².